The molecule has 0 saturated carbocycles. The van der Waals surface area contributed by atoms with Crippen LogP contribution in [0.1, 0.15) is 22.8 Å². The maximum Gasteiger partial charge on any atom is 0.416 e. The van der Waals surface area contributed by atoms with Crippen molar-refractivity contribution in [3.8, 4) is 0 Å². The standard InChI is InChI=1S/C18H15BrF3NO4/c19-13-3-1-2-10(8-13)9-14(17(26)27)23-16(25)15(24)11-4-6-12(7-5-11)18(20,21)22/h1-8,14-15,24H,9H2,(H,23,25)(H,26,27)/t14-,15+/m1/s1. The molecule has 0 aliphatic heterocycles. The van der Waals surface area contributed by atoms with Crippen LogP contribution in [0.2, 0.25) is 0 Å². The number of alkyl halides is 3. The van der Waals surface area contributed by atoms with Crippen LogP contribution in [0.4, 0.5) is 13.2 Å². The number of benzene rings is 2. The second-order valence-corrected chi connectivity index (χ2v) is 6.67. The monoisotopic (exact) mass is 445 g/mol. The van der Waals surface area contributed by atoms with Crippen molar-refractivity contribution in [2.45, 2.75) is 24.7 Å². The van der Waals surface area contributed by atoms with Gasteiger partial charge in [0.05, 0.1) is 5.56 Å². The van der Waals surface area contributed by atoms with Gasteiger partial charge in [-0.25, -0.2) is 4.79 Å². The van der Waals surface area contributed by atoms with E-state index in [4.69, 9.17) is 0 Å². The molecule has 0 aliphatic carbocycles. The third-order valence-electron chi connectivity index (χ3n) is 3.75. The SMILES string of the molecule is O=C(N[C@H](Cc1cccc(Br)c1)C(=O)O)[C@@H](O)c1ccc(C(F)(F)F)cc1. The lowest BCUT2D eigenvalue weighted by atomic mass is 10.0. The summed E-state index contributed by atoms with van der Waals surface area (Å²) in [6.07, 6.45) is -6.36. The Balaban J connectivity index is 2.09. The van der Waals surface area contributed by atoms with Crippen molar-refractivity contribution < 1.29 is 33.0 Å². The summed E-state index contributed by atoms with van der Waals surface area (Å²) in [4.78, 5) is 23.5. The first-order chi connectivity index (χ1) is 12.6. The minimum absolute atomic E-state index is 0.0275. The highest BCUT2D eigenvalue weighted by Crippen LogP contribution is 2.30. The Hall–Kier alpha value is -2.39. The molecule has 0 saturated heterocycles. The highest BCUT2D eigenvalue weighted by molar-refractivity contribution is 9.10. The molecule has 2 aromatic rings. The molecule has 2 aromatic carbocycles. The number of aliphatic hydroxyl groups excluding tert-OH is 1. The van der Waals surface area contributed by atoms with E-state index in [1.807, 2.05) is 0 Å². The van der Waals surface area contributed by atoms with Gasteiger partial charge in [0, 0.05) is 10.9 Å². The van der Waals surface area contributed by atoms with Gasteiger partial charge < -0.3 is 15.5 Å². The molecule has 0 heterocycles. The zero-order chi connectivity index (χ0) is 20.2. The molecule has 3 N–H and O–H groups in total. The number of aliphatic carboxylic acids is 1. The minimum Gasteiger partial charge on any atom is -0.480 e. The minimum atomic E-state index is -4.54. The van der Waals surface area contributed by atoms with E-state index in [9.17, 15) is 33.0 Å². The number of nitrogens with one attached hydrogen (secondary N) is 1. The van der Waals surface area contributed by atoms with E-state index in [-0.39, 0.29) is 12.0 Å². The Kier molecular flexibility index (Phi) is 6.61. The van der Waals surface area contributed by atoms with Gasteiger partial charge in [-0.05, 0) is 35.4 Å². The van der Waals surface area contributed by atoms with Crippen LogP contribution in [0.25, 0.3) is 0 Å². The number of aliphatic hydroxyl groups is 1. The second-order valence-electron chi connectivity index (χ2n) is 5.76. The molecule has 27 heavy (non-hydrogen) atoms. The number of rotatable bonds is 6. The molecule has 0 unspecified atom stereocenters. The van der Waals surface area contributed by atoms with Crippen molar-refractivity contribution in [2.24, 2.45) is 0 Å². The van der Waals surface area contributed by atoms with Crippen molar-refractivity contribution >= 4 is 27.8 Å². The fourth-order valence-corrected chi connectivity index (χ4v) is 2.80. The Morgan fingerprint density at radius 2 is 1.74 bits per heavy atom. The van der Waals surface area contributed by atoms with Gasteiger partial charge in [0.2, 0.25) is 0 Å². The molecule has 144 valence electrons. The number of carbonyl (C=O) groups excluding carboxylic acids is 1. The number of carboxylic acid groups (broad SMARTS) is 1. The highest BCUT2D eigenvalue weighted by atomic mass is 79.9. The normalized spacial score (nSPS) is 13.7. The summed E-state index contributed by atoms with van der Waals surface area (Å²) in [5, 5.41) is 21.5. The first kappa shape index (κ1) is 20.9. The van der Waals surface area contributed by atoms with Crippen molar-refractivity contribution in [1.82, 2.24) is 5.32 Å². The molecular weight excluding hydrogens is 431 g/mol. The largest absolute Gasteiger partial charge is 0.480 e. The van der Waals surface area contributed by atoms with Crippen LogP contribution in [0, 0.1) is 0 Å². The third-order valence-corrected chi connectivity index (χ3v) is 4.24. The van der Waals surface area contributed by atoms with Gasteiger partial charge in [0.25, 0.3) is 5.91 Å². The fraction of sp³-hybridized carbons (Fsp3) is 0.222. The van der Waals surface area contributed by atoms with Gasteiger partial charge in [-0.1, -0.05) is 40.2 Å². The lowest BCUT2D eigenvalue weighted by molar-refractivity contribution is -0.143. The molecule has 5 nitrogen and oxygen atoms in total. The summed E-state index contributed by atoms with van der Waals surface area (Å²) in [6.45, 7) is 0. The Morgan fingerprint density at radius 1 is 1.11 bits per heavy atom. The molecule has 0 spiro atoms. The Morgan fingerprint density at radius 3 is 2.26 bits per heavy atom. The van der Waals surface area contributed by atoms with Gasteiger partial charge in [0.15, 0.2) is 6.10 Å². The molecule has 0 aromatic heterocycles. The van der Waals surface area contributed by atoms with Gasteiger partial charge in [-0.3, -0.25) is 4.79 Å². The number of carboxylic acids is 1. The first-order valence-corrected chi connectivity index (χ1v) is 8.50. The molecule has 0 aliphatic rings. The smallest absolute Gasteiger partial charge is 0.416 e. The third kappa shape index (κ3) is 5.80. The van der Waals surface area contributed by atoms with Gasteiger partial charge in [-0.2, -0.15) is 13.2 Å². The molecule has 9 heteroatoms. The van der Waals surface area contributed by atoms with E-state index in [1.54, 1.807) is 24.3 Å². The lowest BCUT2D eigenvalue weighted by Gasteiger charge is -2.18. The number of hydrogen-bond donors (Lipinski definition) is 3. The lowest BCUT2D eigenvalue weighted by Crippen LogP contribution is -2.44. The van der Waals surface area contributed by atoms with E-state index < -0.39 is 35.8 Å². The van der Waals surface area contributed by atoms with Crippen LogP contribution < -0.4 is 5.32 Å². The summed E-state index contributed by atoms with van der Waals surface area (Å²) in [5.74, 6) is -2.32. The number of carbonyl (C=O) groups is 2. The van der Waals surface area contributed by atoms with E-state index >= 15 is 0 Å². The van der Waals surface area contributed by atoms with Crippen LogP contribution >= 0.6 is 15.9 Å². The predicted octanol–water partition coefficient (Wildman–Crippen LogP) is 3.31. The summed E-state index contributed by atoms with van der Waals surface area (Å²) < 4.78 is 38.4. The predicted molar refractivity (Wildman–Crippen MR) is 93.8 cm³/mol. The number of hydrogen-bond acceptors (Lipinski definition) is 3. The van der Waals surface area contributed by atoms with Crippen molar-refractivity contribution in [2.75, 3.05) is 0 Å². The first-order valence-electron chi connectivity index (χ1n) is 7.71. The van der Waals surface area contributed by atoms with Crippen LogP contribution in [-0.2, 0) is 22.2 Å². The second kappa shape index (κ2) is 8.53. The molecule has 2 atom stereocenters. The molecule has 0 bridgehead atoms. The quantitative estimate of drug-likeness (QED) is 0.636. The zero-order valence-electron chi connectivity index (χ0n) is 13.7. The van der Waals surface area contributed by atoms with E-state index in [0.29, 0.717) is 5.56 Å². The molecular formula is C18H15BrF3NO4. The van der Waals surface area contributed by atoms with Crippen LogP contribution in [0.15, 0.2) is 53.0 Å². The summed E-state index contributed by atoms with van der Waals surface area (Å²) >= 11 is 3.26. The van der Waals surface area contributed by atoms with Crippen molar-refractivity contribution in [1.29, 1.82) is 0 Å². The number of amides is 1. The Bertz CT molecular complexity index is 824. The van der Waals surface area contributed by atoms with E-state index in [2.05, 4.69) is 21.2 Å². The zero-order valence-corrected chi connectivity index (χ0v) is 15.3. The van der Waals surface area contributed by atoms with Crippen LogP contribution in [0.3, 0.4) is 0 Å². The maximum absolute atomic E-state index is 12.6. The topological polar surface area (TPSA) is 86.6 Å². The molecule has 0 radical (unpaired) electrons. The van der Waals surface area contributed by atoms with Gasteiger partial charge >= 0.3 is 12.1 Å². The molecule has 2 rings (SSSR count). The Labute approximate surface area is 161 Å². The highest BCUT2D eigenvalue weighted by Gasteiger charge is 2.31. The summed E-state index contributed by atoms with van der Waals surface area (Å²) in [5.41, 5.74) is -0.356. The number of halogens is 4. The molecule has 0 fully saturated rings. The van der Waals surface area contributed by atoms with E-state index in [1.165, 1.54) is 0 Å². The van der Waals surface area contributed by atoms with Crippen molar-refractivity contribution in [3.05, 3.63) is 69.7 Å². The fourth-order valence-electron chi connectivity index (χ4n) is 2.36. The summed E-state index contributed by atoms with van der Waals surface area (Å²) in [6, 6.07) is 8.94. The van der Waals surface area contributed by atoms with E-state index in [0.717, 1.165) is 28.7 Å². The maximum atomic E-state index is 12.6. The van der Waals surface area contributed by atoms with Gasteiger partial charge in [0.1, 0.15) is 6.04 Å². The average Bonchev–Trinajstić information content (AvgIpc) is 2.59. The van der Waals surface area contributed by atoms with Crippen LogP contribution in [0.5, 0.6) is 0 Å². The van der Waals surface area contributed by atoms with Crippen molar-refractivity contribution in [3.63, 3.8) is 0 Å². The average molecular weight is 446 g/mol. The van der Waals surface area contributed by atoms with Crippen LogP contribution in [-0.4, -0.2) is 28.1 Å². The van der Waals surface area contributed by atoms with Gasteiger partial charge in [-0.15, -0.1) is 0 Å². The summed E-state index contributed by atoms with van der Waals surface area (Å²) in [7, 11) is 0. The molecule has 1 amide bonds.